The van der Waals surface area contributed by atoms with Gasteiger partial charge in [0.2, 0.25) is 0 Å². The minimum Gasteiger partial charge on any atom is -0.478 e. The Morgan fingerprint density at radius 1 is 0.590 bits per heavy atom. The van der Waals surface area contributed by atoms with Crippen molar-refractivity contribution in [2.45, 2.75) is 0 Å². The number of ether oxygens (including phenoxy) is 3. The van der Waals surface area contributed by atoms with Crippen LogP contribution in [0.3, 0.4) is 0 Å². The zero-order valence-electron chi connectivity index (χ0n) is 20.1. The van der Waals surface area contributed by atoms with Crippen LogP contribution in [0.15, 0.2) is 12.1 Å². The van der Waals surface area contributed by atoms with E-state index < -0.39 is 11.9 Å². The van der Waals surface area contributed by atoms with Gasteiger partial charge in [0, 0.05) is 14.3 Å². The van der Waals surface area contributed by atoms with Gasteiger partial charge in [-0.1, -0.05) is 0 Å². The summed E-state index contributed by atoms with van der Waals surface area (Å²) >= 11 is 12.1. The molecule has 0 atom stereocenters. The van der Waals surface area contributed by atoms with Crippen molar-refractivity contribution in [3.05, 3.63) is 44.7 Å². The van der Waals surface area contributed by atoms with E-state index in [0.29, 0.717) is 76.4 Å². The molecule has 0 spiro atoms. The monoisotopic (exact) mass is 1220 g/mol. The van der Waals surface area contributed by atoms with Crippen LogP contribution in [0.5, 0.6) is 0 Å². The van der Waals surface area contributed by atoms with E-state index in [-0.39, 0.29) is 13.2 Å². The lowest BCUT2D eigenvalue weighted by Gasteiger charge is -2.07. The fourth-order valence-corrected chi connectivity index (χ4v) is 9.94. The molecular formula is C22H26I6N2O9. The summed E-state index contributed by atoms with van der Waals surface area (Å²) in [7, 11) is 0. The summed E-state index contributed by atoms with van der Waals surface area (Å²) in [5, 5.41) is 34.5. The summed E-state index contributed by atoms with van der Waals surface area (Å²) in [6.45, 7) is 2.76. The van der Waals surface area contributed by atoms with Crippen molar-refractivity contribution in [1.29, 1.82) is 0 Å². The molecule has 0 heterocycles. The molecule has 0 saturated heterocycles. The molecule has 2 aromatic carbocycles. The molecule has 0 unspecified atom stereocenters. The number of hydrogen-bond donors (Lipinski definition) is 6. The fourth-order valence-electron chi connectivity index (χ4n) is 2.27. The van der Waals surface area contributed by atoms with Gasteiger partial charge in [-0.3, -0.25) is 0 Å². The van der Waals surface area contributed by atoms with Crippen molar-refractivity contribution in [2.24, 2.45) is 0 Å². The van der Waals surface area contributed by atoms with Gasteiger partial charge in [-0.15, -0.1) is 0 Å². The molecule has 0 amide bonds. The standard InChI is InChI=1S/C8H18O5.2C7H4I3NO2/c9-1-3-11-5-7-13-8-6-12-4-2-10;2*8-2-1-3(9)6(11)5(10)4(2)7(12)13/h9-10H,1-8H2;2*1H,11H2,(H,12,13). The Bertz CT molecular complexity index is 1010. The van der Waals surface area contributed by atoms with E-state index in [2.05, 4.69) is 45.2 Å². The highest BCUT2D eigenvalue weighted by Gasteiger charge is 2.18. The number of carboxylic acid groups (broad SMARTS) is 2. The van der Waals surface area contributed by atoms with E-state index in [1.54, 1.807) is 12.1 Å². The third-order valence-electron chi connectivity index (χ3n) is 4.05. The first kappa shape index (κ1) is 40.2. The summed E-state index contributed by atoms with van der Waals surface area (Å²) in [4.78, 5) is 21.7. The number of anilines is 2. The smallest absolute Gasteiger partial charge is 0.337 e. The maximum atomic E-state index is 10.8. The van der Waals surface area contributed by atoms with Gasteiger partial charge in [0.05, 0.1) is 82.5 Å². The predicted octanol–water partition coefficient (Wildman–Crippen LogP) is 4.58. The summed E-state index contributed by atoms with van der Waals surface area (Å²) in [5.74, 6) is -1.87. The molecule has 0 aliphatic carbocycles. The molecule has 39 heavy (non-hydrogen) atoms. The van der Waals surface area contributed by atoms with Crippen LogP contribution in [0.25, 0.3) is 0 Å². The minimum absolute atomic E-state index is 0.0413. The Balaban J connectivity index is 0.000000555. The van der Waals surface area contributed by atoms with E-state index in [0.717, 1.165) is 7.14 Å². The van der Waals surface area contributed by atoms with E-state index in [4.69, 9.17) is 46.1 Å². The van der Waals surface area contributed by atoms with Crippen molar-refractivity contribution in [1.82, 2.24) is 0 Å². The Morgan fingerprint density at radius 2 is 0.872 bits per heavy atom. The maximum Gasteiger partial charge on any atom is 0.337 e. The van der Waals surface area contributed by atoms with Crippen LogP contribution in [0.4, 0.5) is 11.4 Å². The van der Waals surface area contributed by atoms with Gasteiger partial charge in [-0.2, -0.15) is 0 Å². The normalized spacial score (nSPS) is 10.3. The second-order valence-electron chi connectivity index (χ2n) is 6.78. The first-order valence-corrected chi connectivity index (χ1v) is 17.1. The van der Waals surface area contributed by atoms with Crippen LogP contribution in [-0.2, 0) is 14.2 Å². The molecule has 0 aromatic heterocycles. The van der Waals surface area contributed by atoms with Gasteiger partial charge in [-0.05, 0) is 148 Å². The van der Waals surface area contributed by atoms with Crippen molar-refractivity contribution in [2.75, 3.05) is 64.3 Å². The van der Waals surface area contributed by atoms with Crippen molar-refractivity contribution in [3.63, 3.8) is 0 Å². The second kappa shape index (κ2) is 22.7. The predicted molar refractivity (Wildman–Crippen MR) is 199 cm³/mol. The quantitative estimate of drug-likeness (QED) is 0.0990. The first-order valence-electron chi connectivity index (χ1n) is 10.6. The number of carbonyl (C=O) groups is 2. The number of hydrogen-bond acceptors (Lipinski definition) is 9. The van der Waals surface area contributed by atoms with Crippen molar-refractivity contribution >= 4 is 159 Å². The SMILES string of the molecule is Nc1c(I)cc(I)c(C(=O)O)c1I.Nc1c(I)cc(I)c(C(=O)O)c1I.OCCOCCOCCOCCO. The van der Waals surface area contributed by atoms with E-state index in [1.165, 1.54) is 0 Å². The van der Waals surface area contributed by atoms with E-state index in [1.807, 2.05) is 90.4 Å². The topological polar surface area (TPSA) is 195 Å². The number of aliphatic hydroxyl groups is 2. The molecule has 0 bridgehead atoms. The number of carboxylic acids is 2. The van der Waals surface area contributed by atoms with E-state index in [9.17, 15) is 9.59 Å². The molecule has 2 rings (SSSR count). The zero-order chi connectivity index (χ0) is 30.1. The van der Waals surface area contributed by atoms with Crippen LogP contribution >= 0.6 is 136 Å². The van der Waals surface area contributed by atoms with Gasteiger partial charge in [-0.25, -0.2) is 9.59 Å². The Kier molecular flexibility index (Phi) is 23.3. The largest absolute Gasteiger partial charge is 0.478 e. The highest BCUT2D eigenvalue weighted by molar-refractivity contribution is 14.1. The second-order valence-corrected chi connectivity index (χ2v) is 13.6. The molecule has 17 heteroatoms. The first-order chi connectivity index (χ1) is 18.3. The number of benzene rings is 2. The molecule has 0 aliphatic rings. The van der Waals surface area contributed by atoms with Gasteiger partial charge in [0.1, 0.15) is 0 Å². The fraction of sp³-hybridized carbons (Fsp3) is 0.364. The highest BCUT2D eigenvalue weighted by atomic mass is 127. The minimum atomic E-state index is -0.933. The molecule has 0 saturated carbocycles. The number of halogens is 6. The number of nitrogens with two attached hydrogens (primary N) is 2. The molecule has 8 N–H and O–H groups in total. The van der Waals surface area contributed by atoms with Crippen LogP contribution < -0.4 is 11.5 Å². The van der Waals surface area contributed by atoms with Crippen LogP contribution in [0, 0.1) is 21.4 Å². The van der Waals surface area contributed by atoms with Crippen molar-refractivity contribution < 1.29 is 44.2 Å². The average molecular weight is 1220 g/mol. The van der Waals surface area contributed by atoms with Gasteiger partial charge < -0.3 is 46.1 Å². The lowest BCUT2D eigenvalue weighted by Crippen LogP contribution is -2.11. The lowest BCUT2D eigenvalue weighted by atomic mass is 10.2. The van der Waals surface area contributed by atoms with Crippen molar-refractivity contribution in [3.8, 4) is 0 Å². The molecule has 11 nitrogen and oxygen atoms in total. The van der Waals surface area contributed by atoms with E-state index >= 15 is 0 Å². The maximum absolute atomic E-state index is 10.8. The molecule has 0 fully saturated rings. The summed E-state index contributed by atoms with van der Waals surface area (Å²) in [5.41, 5.74) is 13.1. The van der Waals surface area contributed by atoms with Gasteiger partial charge in [0.15, 0.2) is 0 Å². The highest BCUT2D eigenvalue weighted by Crippen LogP contribution is 2.30. The van der Waals surface area contributed by atoms with Gasteiger partial charge in [0.25, 0.3) is 0 Å². The Hall–Kier alpha value is 1.16. The summed E-state index contributed by atoms with van der Waals surface area (Å²) < 4.78 is 19.5. The average Bonchev–Trinajstić information content (AvgIpc) is 2.85. The number of aromatic carboxylic acids is 2. The lowest BCUT2D eigenvalue weighted by molar-refractivity contribution is 0.00230. The third kappa shape index (κ3) is 15.5. The molecule has 0 aliphatic heterocycles. The Labute approximate surface area is 307 Å². The number of nitrogen functional groups attached to an aromatic ring is 2. The zero-order valence-corrected chi connectivity index (χ0v) is 33.0. The molecular weight excluding hydrogens is 1200 g/mol. The number of aliphatic hydroxyl groups excluding tert-OH is 2. The van der Waals surface area contributed by atoms with Crippen LogP contribution in [0.2, 0.25) is 0 Å². The summed E-state index contributed by atoms with van der Waals surface area (Å²) in [6.07, 6.45) is 0. The Morgan fingerprint density at radius 3 is 1.13 bits per heavy atom. The van der Waals surface area contributed by atoms with Gasteiger partial charge >= 0.3 is 11.9 Å². The molecule has 220 valence electrons. The number of rotatable bonds is 12. The van der Waals surface area contributed by atoms with Crippen LogP contribution in [-0.4, -0.2) is 85.2 Å². The molecule has 0 radical (unpaired) electrons. The third-order valence-corrected chi connectivity index (χ3v) is 9.78. The summed E-state index contributed by atoms with van der Waals surface area (Å²) in [6, 6.07) is 3.53. The van der Waals surface area contributed by atoms with Crippen LogP contribution in [0.1, 0.15) is 20.7 Å². The molecule has 2 aromatic rings.